The van der Waals surface area contributed by atoms with Gasteiger partial charge in [0.2, 0.25) is 0 Å². The summed E-state index contributed by atoms with van der Waals surface area (Å²) in [7, 11) is 3.83. The molecule has 0 aliphatic carbocycles. The van der Waals surface area contributed by atoms with E-state index in [0.717, 1.165) is 0 Å². The normalized spacial score (nSPS) is 13.7. The first-order valence-electron chi connectivity index (χ1n) is 8.85. The third-order valence-corrected chi connectivity index (χ3v) is 4.41. The zero-order chi connectivity index (χ0) is 18.8. The minimum atomic E-state index is -0.272. The number of imide groups is 1. The molecule has 0 saturated heterocycles. The highest BCUT2D eigenvalue weighted by Gasteiger charge is 2.34. The minimum absolute atomic E-state index is 0.272. The summed E-state index contributed by atoms with van der Waals surface area (Å²) in [6, 6.07) is 7.05. The van der Waals surface area contributed by atoms with Gasteiger partial charge in [-0.3, -0.25) is 14.5 Å². The predicted molar refractivity (Wildman–Crippen MR) is 100 cm³/mol. The number of likely N-dealkylation sites (N-methyl/N-ethyl adjacent to an activating group) is 1. The van der Waals surface area contributed by atoms with Crippen LogP contribution >= 0.6 is 0 Å². The van der Waals surface area contributed by atoms with E-state index in [1.54, 1.807) is 24.3 Å². The molecule has 0 fully saturated rings. The van der Waals surface area contributed by atoms with E-state index in [0.29, 0.717) is 59.7 Å². The summed E-state index contributed by atoms with van der Waals surface area (Å²) in [5.41, 5.74) is 1.02. The molecule has 0 bridgehead atoms. The number of hydrogen-bond acceptors (Lipinski definition) is 5. The SMILES string of the molecule is CCOc1ccc2c3c(ccc(OCC)c13)C(=O)N(CCN(C)C)C2=O. The molecule has 0 spiro atoms. The molecule has 6 heteroatoms. The molecule has 0 radical (unpaired) electrons. The number of carbonyl (C=O) groups is 2. The van der Waals surface area contributed by atoms with Gasteiger partial charge in [-0.2, -0.15) is 0 Å². The number of benzene rings is 2. The molecule has 0 aromatic heterocycles. The van der Waals surface area contributed by atoms with Gasteiger partial charge in [-0.25, -0.2) is 0 Å². The van der Waals surface area contributed by atoms with Crippen molar-refractivity contribution in [2.45, 2.75) is 13.8 Å². The van der Waals surface area contributed by atoms with Crippen LogP contribution in [-0.2, 0) is 0 Å². The maximum absolute atomic E-state index is 13.0. The summed E-state index contributed by atoms with van der Waals surface area (Å²) in [5, 5.41) is 1.32. The summed E-state index contributed by atoms with van der Waals surface area (Å²) in [5.74, 6) is 0.704. The lowest BCUT2D eigenvalue weighted by Crippen LogP contribution is -2.43. The number of amides is 2. The van der Waals surface area contributed by atoms with Gasteiger partial charge in [0.1, 0.15) is 11.5 Å². The van der Waals surface area contributed by atoms with Crippen molar-refractivity contribution in [2.24, 2.45) is 0 Å². The zero-order valence-electron chi connectivity index (χ0n) is 15.7. The summed E-state index contributed by atoms with van der Waals surface area (Å²) >= 11 is 0. The van der Waals surface area contributed by atoms with Crippen LogP contribution in [-0.4, -0.2) is 62.0 Å². The van der Waals surface area contributed by atoms with Crippen LogP contribution in [0.5, 0.6) is 11.5 Å². The van der Waals surface area contributed by atoms with Gasteiger partial charge in [0.05, 0.1) is 18.6 Å². The van der Waals surface area contributed by atoms with Gasteiger partial charge in [-0.05, 0) is 52.2 Å². The van der Waals surface area contributed by atoms with Gasteiger partial charge >= 0.3 is 0 Å². The van der Waals surface area contributed by atoms with E-state index in [1.807, 2.05) is 32.8 Å². The molecule has 138 valence electrons. The first-order chi connectivity index (χ1) is 12.5. The predicted octanol–water partition coefficient (Wildman–Crippen LogP) is 2.79. The largest absolute Gasteiger partial charge is 0.493 e. The first kappa shape index (κ1) is 18.2. The summed E-state index contributed by atoms with van der Waals surface area (Å²) in [6.07, 6.45) is 0. The van der Waals surface area contributed by atoms with Gasteiger partial charge < -0.3 is 14.4 Å². The van der Waals surface area contributed by atoms with E-state index in [1.165, 1.54) is 4.90 Å². The average molecular weight is 356 g/mol. The molecule has 1 aliphatic heterocycles. The topological polar surface area (TPSA) is 59.1 Å². The number of ether oxygens (including phenoxy) is 2. The third-order valence-electron chi connectivity index (χ3n) is 4.41. The Balaban J connectivity index is 2.20. The molecule has 0 unspecified atom stereocenters. The Labute approximate surface area is 153 Å². The lowest BCUT2D eigenvalue weighted by Gasteiger charge is -2.29. The molecule has 0 saturated carbocycles. The van der Waals surface area contributed by atoms with E-state index < -0.39 is 0 Å². The van der Waals surface area contributed by atoms with Crippen LogP contribution in [0.4, 0.5) is 0 Å². The highest BCUT2D eigenvalue weighted by atomic mass is 16.5. The van der Waals surface area contributed by atoms with Crippen molar-refractivity contribution in [1.82, 2.24) is 9.80 Å². The van der Waals surface area contributed by atoms with Crippen LogP contribution in [0, 0.1) is 0 Å². The van der Waals surface area contributed by atoms with Crippen LogP contribution in [0.1, 0.15) is 34.6 Å². The van der Waals surface area contributed by atoms with Crippen molar-refractivity contribution in [1.29, 1.82) is 0 Å². The van der Waals surface area contributed by atoms with Gasteiger partial charge in [-0.1, -0.05) is 0 Å². The number of hydrogen-bond donors (Lipinski definition) is 0. The average Bonchev–Trinajstić information content (AvgIpc) is 2.61. The molecule has 0 N–H and O–H groups in total. The Morgan fingerprint density at radius 3 is 1.77 bits per heavy atom. The lowest BCUT2D eigenvalue weighted by atomic mass is 9.92. The maximum atomic E-state index is 13.0. The molecule has 2 aromatic rings. The number of nitrogens with zero attached hydrogens (tertiary/aromatic N) is 2. The molecule has 26 heavy (non-hydrogen) atoms. The van der Waals surface area contributed by atoms with Crippen LogP contribution in [0.3, 0.4) is 0 Å². The maximum Gasteiger partial charge on any atom is 0.261 e. The van der Waals surface area contributed by atoms with E-state index in [4.69, 9.17) is 9.47 Å². The van der Waals surface area contributed by atoms with E-state index in [9.17, 15) is 9.59 Å². The Kier molecular flexibility index (Phi) is 5.13. The van der Waals surface area contributed by atoms with Crippen LogP contribution in [0.15, 0.2) is 24.3 Å². The van der Waals surface area contributed by atoms with Crippen molar-refractivity contribution < 1.29 is 19.1 Å². The van der Waals surface area contributed by atoms with Crippen molar-refractivity contribution >= 4 is 22.6 Å². The van der Waals surface area contributed by atoms with Gasteiger partial charge in [0.15, 0.2) is 0 Å². The summed E-state index contributed by atoms with van der Waals surface area (Å²) in [6.45, 7) is 5.74. The van der Waals surface area contributed by atoms with Crippen molar-refractivity contribution in [2.75, 3.05) is 40.4 Å². The highest BCUT2D eigenvalue weighted by molar-refractivity contribution is 6.26. The Bertz CT molecular complexity index is 800. The summed E-state index contributed by atoms with van der Waals surface area (Å²) < 4.78 is 11.5. The molecular weight excluding hydrogens is 332 g/mol. The molecule has 1 heterocycles. The molecule has 0 atom stereocenters. The lowest BCUT2D eigenvalue weighted by molar-refractivity contribution is 0.0601. The van der Waals surface area contributed by atoms with Crippen molar-refractivity contribution in [3.05, 3.63) is 35.4 Å². The fourth-order valence-electron chi connectivity index (χ4n) is 3.23. The van der Waals surface area contributed by atoms with Gasteiger partial charge in [-0.15, -0.1) is 0 Å². The molecule has 6 nitrogen and oxygen atoms in total. The van der Waals surface area contributed by atoms with E-state index in [2.05, 4.69) is 0 Å². The highest BCUT2D eigenvalue weighted by Crippen LogP contribution is 2.41. The smallest absolute Gasteiger partial charge is 0.261 e. The second-order valence-corrected chi connectivity index (χ2v) is 6.40. The third kappa shape index (κ3) is 3.01. The quantitative estimate of drug-likeness (QED) is 0.714. The van der Waals surface area contributed by atoms with Crippen LogP contribution in [0.2, 0.25) is 0 Å². The van der Waals surface area contributed by atoms with E-state index in [-0.39, 0.29) is 11.8 Å². The monoisotopic (exact) mass is 356 g/mol. The first-order valence-corrected chi connectivity index (χ1v) is 8.85. The number of rotatable bonds is 7. The second kappa shape index (κ2) is 7.33. The molecule has 1 aliphatic rings. The van der Waals surface area contributed by atoms with Crippen molar-refractivity contribution in [3.8, 4) is 11.5 Å². The fourth-order valence-corrected chi connectivity index (χ4v) is 3.23. The van der Waals surface area contributed by atoms with Crippen molar-refractivity contribution in [3.63, 3.8) is 0 Å². The minimum Gasteiger partial charge on any atom is -0.493 e. The summed E-state index contributed by atoms with van der Waals surface area (Å²) in [4.78, 5) is 29.2. The Morgan fingerprint density at radius 1 is 0.846 bits per heavy atom. The van der Waals surface area contributed by atoms with Crippen LogP contribution < -0.4 is 9.47 Å². The standard InChI is InChI=1S/C20H24N2O4/c1-5-25-15-9-7-13-17-14(8-10-16(18(15)17)26-6-2)20(24)22(19(13)23)12-11-21(3)4/h7-10H,5-6,11-12H2,1-4H3. The number of carbonyl (C=O) groups excluding carboxylic acids is 2. The molecule has 2 amide bonds. The van der Waals surface area contributed by atoms with Gasteiger partial charge in [0, 0.05) is 29.6 Å². The zero-order valence-corrected chi connectivity index (χ0v) is 15.7. The fraction of sp³-hybridized carbons (Fsp3) is 0.400. The molecule has 3 rings (SSSR count). The second-order valence-electron chi connectivity index (χ2n) is 6.40. The van der Waals surface area contributed by atoms with E-state index >= 15 is 0 Å². The molecular formula is C20H24N2O4. The van der Waals surface area contributed by atoms with Crippen LogP contribution in [0.25, 0.3) is 10.8 Å². The Morgan fingerprint density at radius 2 is 1.35 bits per heavy atom. The molecule has 2 aromatic carbocycles. The Hall–Kier alpha value is -2.60. The van der Waals surface area contributed by atoms with Gasteiger partial charge in [0.25, 0.3) is 11.8 Å².